The summed E-state index contributed by atoms with van der Waals surface area (Å²) >= 11 is 1.54. The minimum atomic E-state index is -0.792. The average molecular weight is 490 g/mol. The Labute approximate surface area is 207 Å². The second kappa shape index (κ2) is 8.71. The van der Waals surface area contributed by atoms with Crippen LogP contribution in [0.15, 0.2) is 48.8 Å². The summed E-state index contributed by atoms with van der Waals surface area (Å²) in [7, 11) is 5.44. The highest BCUT2D eigenvalue weighted by Crippen LogP contribution is 2.37. The summed E-state index contributed by atoms with van der Waals surface area (Å²) in [4.78, 5) is 18.8. The number of hydrogen-bond acceptors (Lipinski definition) is 5. The molecule has 0 bridgehead atoms. The number of benzene rings is 2. The van der Waals surface area contributed by atoms with Crippen molar-refractivity contribution in [2.24, 2.45) is 7.05 Å². The Morgan fingerprint density at radius 1 is 1.14 bits per heavy atom. The molecule has 1 amide bonds. The topological polar surface area (TPSA) is 60.3 Å². The van der Waals surface area contributed by atoms with Crippen molar-refractivity contribution in [2.75, 3.05) is 12.2 Å². The number of aromatic nitrogens is 3. The predicted molar refractivity (Wildman–Crippen MR) is 138 cm³/mol. The van der Waals surface area contributed by atoms with Crippen molar-refractivity contribution in [3.8, 4) is 16.9 Å². The summed E-state index contributed by atoms with van der Waals surface area (Å²) in [6, 6.07) is 9.53. The Morgan fingerprint density at radius 3 is 2.57 bits per heavy atom. The van der Waals surface area contributed by atoms with Gasteiger partial charge in [0.15, 0.2) is 0 Å². The van der Waals surface area contributed by atoms with Crippen LogP contribution < -0.4 is 4.74 Å². The summed E-state index contributed by atoms with van der Waals surface area (Å²) in [6.07, 6.45) is 5.35. The lowest BCUT2D eigenvalue weighted by Crippen LogP contribution is -2.45. The second-order valence-electron chi connectivity index (χ2n) is 9.00. The zero-order valence-corrected chi connectivity index (χ0v) is 20.6. The van der Waals surface area contributed by atoms with Crippen LogP contribution in [0.3, 0.4) is 0 Å². The summed E-state index contributed by atoms with van der Waals surface area (Å²) in [5, 5.41) is 4.41. The first-order valence-corrected chi connectivity index (χ1v) is 12.5. The molecule has 0 saturated carbocycles. The minimum Gasteiger partial charge on any atom is -0.481 e. The van der Waals surface area contributed by atoms with E-state index in [0.29, 0.717) is 39.6 Å². The smallest absolute Gasteiger partial charge is 0.255 e. The van der Waals surface area contributed by atoms with Crippen molar-refractivity contribution in [3.63, 3.8) is 0 Å². The van der Waals surface area contributed by atoms with Crippen molar-refractivity contribution in [2.45, 2.75) is 11.9 Å². The van der Waals surface area contributed by atoms with E-state index in [0.717, 1.165) is 5.39 Å². The van der Waals surface area contributed by atoms with Gasteiger partial charge in [-0.25, -0.2) is 8.78 Å². The number of carbonyl (C=O) groups is 1. The third-order valence-corrected chi connectivity index (χ3v) is 6.75. The van der Waals surface area contributed by atoms with Crippen molar-refractivity contribution in [1.82, 2.24) is 19.7 Å². The van der Waals surface area contributed by atoms with Crippen LogP contribution in [0.5, 0.6) is 5.75 Å². The fourth-order valence-electron chi connectivity index (χ4n) is 4.62. The molecule has 1 aliphatic heterocycles. The third-order valence-electron chi connectivity index (χ3n) is 6.39. The van der Waals surface area contributed by atoms with Gasteiger partial charge in [0, 0.05) is 35.7 Å². The lowest BCUT2D eigenvalue weighted by Gasteiger charge is -2.32. The van der Waals surface area contributed by atoms with Gasteiger partial charge in [-0.3, -0.25) is 14.5 Å². The molecule has 6 nitrogen and oxygen atoms in total. The van der Waals surface area contributed by atoms with Gasteiger partial charge in [0.1, 0.15) is 44.5 Å². The summed E-state index contributed by atoms with van der Waals surface area (Å²) in [5.41, 5.74) is 2.55. The third kappa shape index (κ3) is 3.87. The lowest BCUT2D eigenvalue weighted by molar-refractivity contribution is 0.0727. The van der Waals surface area contributed by atoms with E-state index >= 15 is 8.78 Å². The molecule has 35 heavy (non-hydrogen) atoms. The van der Waals surface area contributed by atoms with Gasteiger partial charge in [-0.1, -0.05) is 0 Å². The molecule has 2 aromatic carbocycles. The van der Waals surface area contributed by atoms with Gasteiger partial charge in [0.05, 0.1) is 17.8 Å². The number of aryl methyl sites for hydroxylation is 1. The summed E-state index contributed by atoms with van der Waals surface area (Å²) in [5.74, 6) is -0.647. The normalized spacial score (nSPS) is 14.5. The van der Waals surface area contributed by atoms with Crippen LogP contribution >= 0.6 is 11.8 Å². The van der Waals surface area contributed by atoms with Crippen LogP contribution in [0.1, 0.15) is 21.6 Å². The summed E-state index contributed by atoms with van der Waals surface area (Å²) < 4.78 is 38.1. The molecular weight excluding hydrogens is 468 g/mol. The molecule has 3 heterocycles. The van der Waals surface area contributed by atoms with E-state index in [1.165, 1.54) is 28.8 Å². The van der Waals surface area contributed by atoms with E-state index in [2.05, 4.69) is 10.1 Å². The molecule has 0 fully saturated rings. The molecule has 1 aliphatic rings. The molecule has 0 saturated heterocycles. The zero-order chi connectivity index (χ0) is 24.9. The number of thioether (sulfide) groups is 1. The van der Waals surface area contributed by atoms with Gasteiger partial charge in [-0.2, -0.15) is 5.10 Å². The Kier molecular flexibility index (Phi) is 5.83. The molecule has 0 spiro atoms. The maximum absolute atomic E-state index is 15.4. The molecular formula is C24H22B2F2N4O2S. The van der Waals surface area contributed by atoms with E-state index in [4.69, 9.17) is 4.74 Å². The van der Waals surface area contributed by atoms with E-state index in [1.807, 2.05) is 21.9 Å². The highest BCUT2D eigenvalue weighted by molar-refractivity contribution is 7.98. The first kappa shape index (κ1) is 23.4. The van der Waals surface area contributed by atoms with Crippen LogP contribution in [-0.4, -0.2) is 53.5 Å². The molecule has 11 heteroatoms. The van der Waals surface area contributed by atoms with E-state index in [-0.39, 0.29) is 18.0 Å². The van der Waals surface area contributed by atoms with E-state index in [1.54, 1.807) is 48.4 Å². The van der Waals surface area contributed by atoms with E-state index < -0.39 is 17.0 Å². The van der Waals surface area contributed by atoms with Crippen molar-refractivity contribution in [3.05, 3.63) is 77.2 Å². The number of pyridine rings is 1. The largest absolute Gasteiger partial charge is 0.481 e. The van der Waals surface area contributed by atoms with Crippen molar-refractivity contribution in [1.29, 1.82) is 0 Å². The molecule has 0 aliphatic carbocycles. The van der Waals surface area contributed by atoms with Gasteiger partial charge >= 0.3 is 0 Å². The number of hydrogen-bond donors (Lipinski definition) is 0. The van der Waals surface area contributed by atoms with Crippen LogP contribution in [0.2, 0.25) is 0 Å². The summed E-state index contributed by atoms with van der Waals surface area (Å²) in [6.45, 7) is -0.204. The molecule has 2 aromatic heterocycles. The van der Waals surface area contributed by atoms with Gasteiger partial charge in [-0.05, 0) is 53.8 Å². The molecule has 176 valence electrons. The van der Waals surface area contributed by atoms with Gasteiger partial charge in [-0.15, -0.1) is 11.8 Å². The highest BCUT2D eigenvalue weighted by atomic mass is 32.2. The molecule has 0 atom stereocenters. The fraction of sp³-hybridized carbons (Fsp3) is 0.208. The Balaban J connectivity index is 1.52. The number of amides is 1. The lowest BCUT2D eigenvalue weighted by atomic mass is 9.59. The number of carbonyl (C=O) groups excluding carboxylic acids is 1. The Morgan fingerprint density at radius 2 is 1.89 bits per heavy atom. The first-order valence-electron chi connectivity index (χ1n) is 11.1. The predicted octanol–water partition coefficient (Wildman–Crippen LogP) is 2.65. The van der Waals surface area contributed by atoms with Crippen LogP contribution in [0.4, 0.5) is 8.78 Å². The number of nitrogens with zero attached hydrogens (tertiary/aromatic N) is 4. The number of rotatable bonds is 6. The molecule has 0 unspecified atom stereocenters. The molecule has 0 radical (unpaired) electrons. The van der Waals surface area contributed by atoms with Gasteiger partial charge in [0.2, 0.25) is 0 Å². The second-order valence-corrected chi connectivity index (χ2v) is 9.81. The Bertz CT molecular complexity index is 1450. The van der Waals surface area contributed by atoms with Gasteiger partial charge < -0.3 is 9.64 Å². The fourth-order valence-corrected chi connectivity index (χ4v) is 4.86. The quantitative estimate of drug-likeness (QED) is 0.308. The molecule has 5 rings (SSSR count). The van der Waals surface area contributed by atoms with Crippen LogP contribution in [-0.2, 0) is 18.9 Å². The number of halogens is 2. The monoisotopic (exact) mass is 490 g/mol. The number of fused-ring (bicyclic) bond motifs is 2. The standard InChI is InChI=1S/C24H22B2F2N4O2S/c1-31-10-16-14(5-6-20(21(16)30-31)34-12-35-2)13-8-18(27)17(19(28)9-13)11-32-23(33)15-4-3-7-29-22(15)24(32,25)26/h3-10H,11-12,25-26H2,1-2H3. The van der Waals surface area contributed by atoms with Crippen molar-refractivity contribution >= 4 is 44.3 Å². The van der Waals surface area contributed by atoms with Crippen LogP contribution in [0, 0.1) is 11.6 Å². The maximum atomic E-state index is 15.4. The molecule has 0 N–H and O–H groups in total. The Hall–Kier alpha value is -3.33. The van der Waals surface area contributed by atoms with Gasteiger partial charge in [0.25, 0.3) is 5.91 Å². The van der Waals surface area contributed by atoms with E-state index in [9.17, 15) is 4.79 Å². The average Bonchev–Trinajstić information content (AvgIpc) is 3.30. The highest BCUT2D eigenvalue weighted by Gasteiger charge is 2.44. The number of ether oxygens (including phenoxy) is 1. The first-order chi connectivity index (χ1) is 16.7. The minimum absolute atomic E-state index is 0.162. The molecule has 4 aromatic rings. The van der Waals surface area contributed by atoms with Crippen molar-refractivity contribution < 1.29 is 18.3 Å². The maximum Gasteiger partial charge on any atom is 0.255 e. The SMILES string of the molecule is BC1(B)c2ncccc2C(=O)N1Cc1c(F)cc(-c2ccc(OCSC)c3nn(C)cc23)cc1F. The zero-order valence-electron chi connectivity index (χ0n) is 19.8. The van der Waals surface area contributed by atoms with Crippen LogP contribution in [0.25, 0.3) is 22.0 Å².